The van der Waals surface area contributed by atoms with E-state index >= 15 is 0 Å². The van der Waals surface area contributed by atoms with Gasteiger partial charge in [0.2, 0.25) is 5.91 Å². The summed E-state index contributed by atoms with van der Waals surface area (Å²) >= 11 is 0. The molecule has 1 amide bonds. The van der Waals surface area contributed by atoms with Crippen LogP contribution in [0, 0.1) is 5.92 Å². The van der Waals surface area contributed by atoms with Gasteiger partial charge in [-0.05, 0) is 31.6 Å². The van der Waals surface area contributed by atoms with Gasteiger partial charge in [0.05, 0.1) is 6.10 Å². The van der Waals surface area contributed by atoms with Gasteiger partial charge in [-0.3, -0.25) is 4.79 Å². The number of halogens is 3. The van der Waals surface area contributed by atoms with Crippen molar-refractivity contribution >= 4 is 5.91 Å². The Morgan fingerprint density at radius 2 is 2.05 bits per heavy atom. The summed E-state index contributed by atoms with van der Waals surface area (Å²) in [5, 5.41) is 2.85. The summed E-state index contributed by atoms with van der Waals surface area (Å²) in [6.45, 7) is 2.66. The Labute approximate surface area is 123 Å². The van der Waals surface area contributed by atoms with Crippen molar-refractivity contribution in [1.29, 1.82) is 0 Å². The number of hydrogen-bond acceptors (Lipinski definition) is 3. The summed E-state index contributed by atoms with van der Waals surface area (Å²) in [5.41, 5.74) is 5.83. The molecule has 0 aromatic heterocycles. The van der Waals surface area contributed by atoms with Gasteiger partial charge in [0.25, 0.3) is 0 Å². The van der Waals surface area contributed by atoms with Crippen molar-refractivity contribution < 1.29 is 22.7 Å². The van der Waals surface area contributed by atoms with Gasteiger partial charge in [0, 0.05) is 18.5 Å². The van der Waals surface area contributed by atoms with Crippen molar-refractivity contribution in [3.8, 4) is 0 Å². The van der Waals surface area contributed by atoms with Crippen LogP contribution in [-0.4, -0.2) is 36.9 Å². The fourth-order valence-corrected chi connectivity index (χ4v) is 2.38. The zero-order valence-electron chi connectivity index (χ0n) is 12.6. The molecule has 3 atom stereocenters. The molecule has 1 aliphatic carbocycles. The minimum Gasteiger partial charge on any atom is -0.369 e. The van der Waals surface area contributed by atoms with Gasteiger partial charge in [-0.1, -0.05) is 13.8 Å². The minimum atomic E-state index is -4.31. The van der Waals surface area contributed by atoms with Crippen molar-refractivity contribution in [1.82, 2.24) is 5.32 Å². The van der Waals surface area contributed by atoms with E-state index in [1.54, 1.807) is 0 Å². The lowest BCUT2D eigenvalue weighted by atomic mass is 9.92. The van der Waals surface area contributed by atoms with Gasteiger partial charge in [-0.25, -0.2) is 0 Å². The summed E-state index contributed by atoms with van der Waals surface area (Å²) in [7, 11) is 0. The Morgan fingerprint density at radius 3 is 2.62 bits per heavy atom. The zero-order valence-corrected chi connectivity index (χ0v) is 12.6. The van der Waals surface area contributed by atoms with Crippen LogP contribution in [0.25, 0.3) is 0 Å². The standard InChI is InChI=1S/C14H25F3N2O2/c1-9(2)12(18)7-13(20)19-10-4-3-5-11(6-10)21-8-14(15,16)17/h9-12H,3-8,18H2,1-2H3,(H,19,20). The van der Waals surface area contributed by atoms with E-state index in [2.05, 4.69) is 5.32 Å². The zero-order chi connectivity index (χ0) is 16.0. The second-order valence-electron chi connectivity index (χ2n) is 6.09. The van der Waals surface area contributed by atoms with Crippen molar-refractivity contribution in [2.24, 2.45) is 11.7 Å². The third-order valence-corrected chi connectivity index (χ3v) is 3.75. The van der Waals surface area contributed by atoms with Crippen molar-refractivity contribution in [3.05, 3.63) is 0 Å². The SMILES string of the molecule is CC(C)C(N)CC(=O)NC1CCCC(OCC(F)(F)F)C1. The number of carbonyl (C=O) groups is 1. The number of carbonyl (C=O) groups excluding carboxylic acids is 1. The van der Waals surface area contributed by atoms with Crippen LogP contribution in [0.3, 0.4) is 0 Å². The number of nitrogens with one attached hydrogen (secondary N) is 1. The Kier molecular flexibility index (Phi) is 6.93. The molecule has 1 fully saturated rings. The molecule has 0 heterocycles. The van der Waals surface area contributed by atoms with Gasteiger partial charge in [0.1, 0.15) is 6.61 Å². The first-order valence-corrected chi connectivity index (χ1v) is 7.40. The molecule has 0 aliphatic heterocycles. The topological polar surface area (TPSA) is 64.4 Å². The third-order valence-electron chi connectivity index (χ3n) is 3.75. The summed E-state index contributed by atoms with van der Waals surface area (Å²) < 4.78 is 41.3. The number of alkyl halides is 3. The second kappa shape index (κ2) is 7.98. The largest absolute Gasteiger partial charge is 0.411 e. The molecule has 0 aromatic carbocycles. The van der Waals surface area contributed by atoms with Crippen LogP contribution < -0.4 is 11.1 Å². The van der Waals surface area contributed by atoms with Crippen LogP contribution in [0.15, 0.2) is 0 Å². The Bertz CT molecular complexity index is 335. The first-order chi connectivity index (χ1) is 9.67. The van der Waals surface area contributed by atoms with E-state index in [9.17, 15) is 18.0 Å². The lowest BCUT2D eigenvalue weighted by Crippen LogP contribution is -2.43. The lowest BCUT2D eigenvalue weighted by Gasteiger charge is -2.30. The molecule has 21 heavy (non-hydrogen) atoms. The first-order valence-electron chi connectivity index (χ1n) is 7.40. The van der Waals surface area contributed by atoms with Crippen LogP contribution in [0.1, 0.15) is 46.0 Å². The fourth-order valence-electron chi connectivity index (χ4n) is 2.38. The average molecular weight is 310 g/mol. The molecule has 0 bridgehead atoms. The molecule has 3 N–H and O–H groups in total. The maximum Gasteiger partial charge on any atom is 0.411 e. The molecular formula is C14H25F3N2O2. The molecule has 7 heteroatoms. The van der Waals surface area contributed by atoms with E-state index in [0.29, 0.717) is 12.8 Å². The Morgan fingerprint density at radius 1 is 1.38 bits per heavy atom. The van der Waals surface area contributed by atoms with Crippen LogP contribution in [0.4, 0.5) is 13.2 Å². The minimum absolute atomic E-state index is 0.121. The van der Waals surface area contributed by atoms with E-state index in [0.717, 1.165) is 12.8 Å². The molecular weight excluding hydrogens is 285 g/mol. The molecule has 1 rings (SSSR count). The molecule has 124 valence electrons. The fraction of sp³-hybridized carbons (Fsp3) is 0.929. The van der Waals surface area contributed by atoms with E-state index < -0.39 is 18.9 Å². The van der Waals surface area contributed by atoms with E-state index in [4.69, 9.17) is 10.5 Å². The summed E-state index contributed by atoms with van der Waals surface area (Å²) in [6.07, 6.45) is -1.95. The highest BCUT2D eigenvalue weighted by atomic mass is 19.4. The molecule has 4 nitrogen and oxygen atoms in total. The normalized spacial score (nSPS) is 24.9. The summed E-state index contributed by atoms with van der Waals surface area (Å²) in [4.78, 5) is 11.8. The van der Waals surface area contributed by atoms with E-state index in [1.165, 1.54) is 0 Å². The second-order valence-corrected chi connectivity index (χ2v) is 6.09. The highest BCUT2D eigenvalue weighted by Gasteiger charge is 2.31. The van der Waals surface area contributed by atoms with Gasteiger partial charge >= 0.3 is 6.18 Å². The molecule has 3 unspecified atom stereocenters. The molecule has 1 aliphatic rings. The maximum absolute atomic E-state index is 12.1. The number of amides is 1. The van der Waals surface area contributed by atoms with Gasteiger partial charge in [-0.15, -0.1) is 0 Å². The molecule has 0 radical (unpaired) electrons. The Hall–Kier alpha value is -0.820. The van der Waals surface area contributed by atoms with Gasteiger partial charge in [0.15, 0.2) is 0 Å². The van der Waals surface area contributed by atoms with Crippen molar-refractivity contribution in [3.63, 3.8) is 0 Å². The predicted molar refractivity (Wildman–Crippen MR) is 73.6 cm³/mol. The van der Waals surface area contributed by atoms with Crippen LogP contribution in [-0.2, 0) is 9.53 Å². The summed E-state index contributed by atoms with van der Waals surface area (Å²) in [5.74, 6) is 0.0719. The number of rotatable bonds is 6. The van der Waals surface area contributed by atoms with Gasteiger partial charge < -0.3 is 15.8 Å². The third kappa shape index (κ3) is 7.66. The smallest absolute Gasteiger partial charge is 0.369 e. The highest BCUT2D eigenvalue weighted by Crippen LogP contribution is 2.24. The van der Waals surface area contributed by atoms with E-state index in [-0.39, 0.29) is 30.3 Å². The monoisotopic (exact) mass is 310 g/mol. The number of hydrogen-bond donors (Lipinski definition) is 2. The maximum atomic E-state index is 12.1. The van der Waals surface area contributed by atoms with Crippen molar-refractivity contribution in [2.45, 2.75) is 70.3 Å². The average Bonchev–Trinajstić information content (AvgIpc) is 2.35. The molecule has 0 aromatic rings. The van der Waals surface area contributed by atoms with Crippen LogP contribution in [0.5, 0.6) is 0 Å². The van der Waals surface area contributed by atoms with E-state index in [1.807, 2.05) is 13.8 Å². The number of ether oxygens (including phenoxy) is 1. The first kappa shape index (κ1) is 18.2. The van der Waals surface area contributed by atoms with Crippen LogP contribution in [0.2, 0.25) is 0 Å². The summed E-state index contributed by atoms with van der Waals surface area (Å²) in [6, 6.07) is -0.324. The highest BCUT2D eigenvalue weighted by molar-refractivity contribution is 5.76. The van der Waals surface area contributed by atoms with Crippen LogP contribution >= 0.6 is 0 Å². The quantitative estimate of drug-likeness (QED) is 0.791. The molecule has 1 saturated carbocycles. The Balaban J connectivity index is 2.34. The number of nitrogens with two attached hydrogens (primary N) is 1. The lowest BCUT2D eigenvalue weighted by molar-refractivity contribution is -0.188. The van der Waals surface area contributed by atoms with Gasteiger partial charge in [-0.2, -0.15) is 13.2 Å². The predicted octanol–water partition coefficient (Wildman–Crippen LogP) is 2.37. The molecule has 0 spiro atoms. The molecule has 0 saturated heterocycles. The van der Waals surface area contributed by atoms with Crippen molar-refractivity contribution in [2.75, 3.05) is 6.61 Å².